The Morgan fingerprint density at radius 3 is 2.76 bits per heavy atom. The Morgan fingerprint density at radius 2 is 2.10 bits per heavy atom. The van der Waals surface area contributed by atoms with Gasteiger partial charge in [0.05, 0.1) is 13.2 Å². The van der Waals surface area contributed by atoms with Crippen molar-refractivity contribution in [2.45, 2.75) is 25.0 Å². The van der Waals surface area contributed by atoms with Gasteiger partial charge in [-0.05, 0) is 12.1 Å². The number of likely N-dealkylation sites (tertiary alicyclic amines) is 1. The summed E-state index contributed by atoms with van der Waals surface area (Å²) in [5.74, 6) is -0.485. The average Bonchev–Trinajstić information content (AvgIpc) is 2.86. The molecule has 1 aromatic rings. The monoisotopic (exact) mass is 292 g/mol. The molecular formula is C15H20N2O4. The first-order valence-corrected chi connectivity index (χ1v) is 6.95. The number of anilines is 1. The molecule has 1 aromatic carbocycles. The Bertz CT molecular complexity index is 492. The first-order valence-electron chi connectivity index (χ1n) is 6.95. The highest BCUT2D eigenvalue weighted by Crippen LogP contribution is 2.19. The molecule has 0 bridgehead atoms. The van der Waals surface area contributed by atoms with E-state index in [1.807, 2.05) is 30.3 Å². The average molecular weight is 292 g/mol. The maximum absolute atomic E-state index is 11.9. The molecule has 1 aliphatic heterocycles. The van der Waals surface area contributed by atoms with Crippen molar-refractivity contribution >= 4 is 17.6 Å². The van der Waals surface area contributed by atoms with Gasteiger partial charge in [0.1, 0.15) is 6.04 Å². The topological polar surface area (TPSA) is 78.9 Å². The zero-order valence-electron chi connectivity index (χ0n) is 12.0. The van der Waals surface area contributed by atoms with Crippen molar-refractivity contribution in [1.82, 2.24) is 4.90 Å². The molecule has 1 heterocycles. The van der Waals surface area contributed by atoms with Crippen LogP contribution in [0.1, 0.15) is 12.8 Å². The summed E-state index contributed by atoms with van der Waals surface area (Å²) in [6.07, 6.45) is 0.0634. The van der Waals surface area contributed by atoms with Gasteiger partial charge in [0.2, 0.25) is 5.91 Å². The van der Waals surface area contributed by atoms with Gasteiger partial charge >= 0.3 is 5.97 Å². The standard InChI is InChI=1S/C15H20N2O4/c1-21-15(20)13-9-12(18)10-17(13)8-7-14(19)16-11-5-3-2-4-6-11/h2-6,12-13,18H,7-10H2,1H3,(H,16,19). The normalized spacial score (nSPS) is 22.0. The third-order valence-electron chi connectivity index (χ3n) is 3.54. The fraction of sp³-hybridized carbons (Fsp3) is 0.467. The summed E-state index contributed by atoms with van der Waals surface area (Å²) in [4.78, 5) is 25.3. The van der Waals surface area contributed by atoms with E-state index in [4.69, 9.17) is 4.74 Å². The minimum Gasteiger partial charge on any atom is -0.468 e. The molecule has 0 saturated carbocycles. The molecule has 2 N–H and O–H groups in total. The fourth-order valence-electron chi connectivity index (χ4n) is 2.50. The van der Waals surface area contributed by atoms with Crippen LogP contribution in [0.25, 0.3) is 0 Å². The van der Waals surface area contributed by atoms with E-state index in [0.717, 1.165) is 5.69 Å². The van der Waals surface area contributed by atoms with Crippen molar-refractivity contribution in [3.63, 3.8) is 0 Å². The molecule has 21 heavy (non-hydrogen) atoms. The lowest BCUT2D eigenvalue weighted by atomic mass is 10.2. The Morgan fingerprint density at radius 1 is 1.38 bits per heavy atom. The number of aliphatic hydroxyl groups excluding tert-OH is 1. The van der Waals surface area contributed by atoms with Crippen LogP contribution in [0.4, 0.5) is 5.69 Å². The number of hydrogen-bond donors (Lipinski definition) is 2. The van der Waals surface area contributed by atoms with Crippen LogP contribution < -0.4 is 5.32 Å². The number of amides is 1. The lowest BCUT2D eigenvalue weighted by molar-refractivity contribution is -0.146. The minimum atomic E-state index is -0.550. The molecule has 0 spiro atoms. The Kier molecular flexibility index (Phi) is 5.30. The van der Waals surface area contributed by atoms with Crippen molar-refractivity contribution in [1.29, 1.82) is 0 Å². The summed E-state index contributed by atoms with van der Waals surface area (Å²) < 4.78 is 4.72. The second kappa shape index (κ2) is 7.19. The van der Waals surface area contributed by atoms with Gasteiger partial charge < -0.3 is 15.2 Å². The molecule has 6 heteroatoms. The minimum absolute atomic E-state index is 0.119. The van der Waals surface area contributed by atoms with Crippen LogP contribution in [0.5, 0.6) is 0 Å². The second-order valence-corrected chi connectivity index (χ2v) is 5.09. The fourth-order valence-corrected chi connectivity index (χ4v) is 2.50. The molecule has 2 atom stereocenters. The summed E-state index contributed by atoms with van der Waals surface area (Å²) >= 11 is 0. The summed E-state index contributed by atoms with van der Waals surface area (Å²) in [5.41, 5.74) is 0.744. The smallest absolute Gasteiger partial charge is 0.323 e. The van der Waals surface area contributed by atoms with Crippen LogP contribution in [0.3, 0.4) is 0 Å². The highest BCUT2D eigenvalue weighted by Gasteiger charge is 2.36. The molecule has 1 saturated heterocycles. The van der Waals surface area contributed by atoms with Crippen LogP contribution >= 0.6 is 0 Å². The van der Waals surface area contributed by atoms with E-state index < -0.39 is 12.1 Å². The second-order valence-electron chi connectivity index (χ2n) is 5.09. The number of nitrogens with one attached hydrogen (secondary N) is 1. The number of benzene rings is 1. The number of carbonyl (C=O) groups excluding carboxylic acids is 2. The number of nitrogens with zero attached hydrogens (tertiary/aromatic N) is 1. The van der Waals surface area contributed by atoms with Crippen molar-refractivity contribution < 1.29 is 19.4 Å². The predicted molar refractivity (Wildman–Crippen MR) is 77.7 cm³/mol. The number of β-amino-alcohol motifs (C(OH)–C–C–N with tert-alkyl or cyclic N) is 1. The first kappa shape index (κ1) is 15.5. The highest BCUT2D eigenvalue weighted by molar-refractivity contribution is 5.90. The van der Waals surface area contributed by atoms with Crippen molar-refractivity contribution in [3.8, 4) is 0 Å². The molecule has 1 aliphatic rings. The Balaban J connectivity index is 1.84. The van der Waals surface area contributed by atoms with Crippen molar-refractivity contribution in [2.75, 3.05) is 25.5 Å². The zero-order chi connectivity index (χ0) is 15.2. The van der Waals surface area contributed by atoms with Gasteiger partial charge in [-0.15, -0.1) is 0 Å². The number of aliphatic hydroxyl groups is 1. The zero-order valence-corrected chi connectivity index (χ0v) is 12.0. The summed E-state index contributed by atoms with van der Waals surface area (Å²) in [6.45, 7) is 0.799. The Labute approximate surface area is 123 Å². The molecule has 0 aliphatic carbocycles. The van der Waals surface area contributed by atoms with Gasteiger partial charge in [-0.1, -0.05) is 18.2 Å². The molecule has 6 nitrogen and oxygen atoms in total. The van der Waals surface area contributed by atoms with E-state index in [2.05, 4.69) is 5.32 Å². The van der Waals surface area contributed by atoms with E-state index in [-0.39, 0.29) is 18.3 Å². The van der Waals surface area contributed by atoms with Gasteiger partial charge in [0, 0.05) is 31.6 Å². The largest absolute Gasteiger partial charge is 0.468 e. The molecule has 114 valence electrons. The maximum atomic E-state index is 11.9. The molecule has 1 fully saturated rings. The van der Waals surface area contributed by atoms with Gasteiger partial charge in [-0.25, -0.2) is 0 Å². The number of para-hydroxylation sites is 1. The number of carbonyl (C=O) groups is 2. The van der Waals surface area contributed by atoms with Crippen LogP contribution in [-0.4, -0.2) is 54.2 Å². The Hall–Kier alpha value is -1.92. The number of methoxy groups -OCH3 is 1. The first-order chi connectivity index (χ1) is 10.1. The third-order valence-corrected chi connectivity index (χ3v) is 3.54. The molecule has 0 aromatic heterocycles. The number of hydrogen-bond acceptors (Lipinski definition) is 5. The third kappa shape index (κ3) is 4.27. The molecule has 2 rings (SSSR count). The summed E-state index contributed by atoms with van der Waals surface area (Å²) in [7, 11) is 1.33. The van der Waals surface area contributed by atoms with Gasteiger partial charge in [0.15, 0.2) is 0 Å². The molecular weight excluding hydrogens is 272 g/mol. The molecule has 1 amide bonds. The predicted octanol–water partition coefficient (Wildman–Crippen LogP) is 0.623. The van der Waals surface area contributed by atoms with E-state index >= 15 is 0 Å². The molecule has 2 unspecified atom stereocenters. The van der Waals surface area contributed by atoms with E-state index in [9.17, 15) is 14.7 Å². The van der Waals surface area contributed by atoms with E-state index in [1.54, 1.807) is 4.90 Å². The SMILES string of the molecule is COC(=O)C1CC(O)CN1CCC(=O)Nc1ccccc1. The van der Waals surface area contributed by atoms with Crippen LogP contribution in [0.2, 0.25) is 0 Å². The number of ether oxygens (including phenoxy) is 1. The van der Waals surface area contributed by atoms with Gasteiger partial charge in [-0.2, -0.15) is 0 Å². The number of rotatable bonds is 5. The molecule has 0 radical (unpaired) electrons. The van der Waals surface area contributed by atoms with Crippen molar-refractivity contribution in [2.24, 2.45) is 0 Å². The van der Waals surface area contributed by atoms with Crippen LogP contribution in [0, 0.1) is 0 Å². The summed E-state index contributed by atoms with van der Waals surface area (Å²) in [5, 5.41) is 12.5. The number of esters is 1. The van der Waals surface area contributed by atoms with E-state index in [1.165, 1.54) is 7.11 Å². The van der Waals surface area contributed by atoms with Crippen LogP contribution in [-0.2, 0) is 14.3 Å². The van der Waals surface area contributed by atoms with Crippen LogP contribution in [0.15, 0.2) is 30.3 Å². The lowest BCUT2D eigenvalue weighted by Gasteiger charge is -2.21. The summed E-state index contributed by atoms with van der Waals surface area (Å²) in [6, 6.07) is 8.74. The van der Waals surface area contributed by atoms with Crippen molar-refractivity contribution in [3.05, 3.63) is 30.3 Å². The highest BCUT2D eigenvalue weighted by atomic mass is 16.5. The lowest BCUT2D eigenvalue weighted by Crippen LogP contribution is -2.38. The quantitative estimate of drug-likeness (QED) is 0.778. The van der Waals surface area contributed by atoms with E-state index in [0.29, 0.717) is 19.5 Å². The maximum Gasteiger partial charge on any atom is 0.323 e. The van der Waals surface area contributed by atoms with Gasteiger partial charge in [0.25, 0.3) is 0 Å². The van der Waals surface area contributed by atoms with Gasteiger partial charge in [-0.3, -0.25) is 14.5 Å².